The number of halogens is 1. The fourth-order valence-corrected chi connectivity index (χ4v) is 4.78. The van der Waals surface area contributed by atoms with Crippen molar-refractivity contribution in [3.05, 3.63) is 58.5 Å². The van der Waals surface area contributed by atoms with Crippen molar-refractivity contribution in [2.24, 2.45) is 4.99 Å². The van der Waals surface area contributed by atoms with Gasteiger partial charge in [-0.2, -0.15) is 0 Å². The number of anilines is 1. The van der Waals surface area contributed by atoms with Gasteiger partial charge in [0.2, 0.25) is 0 Å². The van der Waals surface area contributed by atoms with E-state index in [0.717, 1.165) is 59.5 Å². The molecule has 2 N–H and O–H groups in total. The van der Waals surface area contributed by atoms with Gasteiger partial charge in [0.15, 0.2) is 11.6 Å². The molecule has 3 aliphatic heterocycles. The average Bonchev–Trinajstić information content (AvgIpc) is 3.53. The number of nitrogen functional groups attached to an aromatic ring is 1. The Morgan fingerprint density at radius 3 is 2.91 bits per heavy atom. The summed E-state index contributed by atoms with van der Waals surface area (Å²) >= 11 is 0. The third kappa shape index (κ3) is 3.67. The molecule has 0 spiro atoms. The van der Waals surface area contributed by atoms with Crippen molar-refractivity contribution in [3.8, 4) is 17.6 Å². The number of hydrogen-bond donors (Lipinski definition) is 1. The predicted molar refractivity (Wildman–Crippen MR) is 125 cm³/mol. The number of benzene rings is 1. The third-order valence-electron chi connectivity index (χ3n) is 6.50. The molecule has 1 aromatic carbocycles. The SMILES string of the molecule is CC#CC1=C2C(=NC(CC)C1)CN1CC1c1ccc(F)cc1C(C)Oc1cc2cnc1N. The largest absolute Gasteiger partial charge is 0.482 e. The predicted octanol–water partition coefficient (Wildman–Crippen LogP) is 4.71. The molecule has 164 valence electrons. The van der Waals surface area contributed by atoms with Crippen molar-refractivity contribution >= 4 is 17.1 Å². The van der Waals surface area contributed by atoms with Crippen LogP contribution in [0.25, 0.3) is 5.57 Å². The van der Waals surface area contributed by atoms with Crippen LogP contribution >= 0.6 is 0 Å². The number of nitrogens with two attached hydrogens (primary N) is 1. The van der Waals surface area contributed by atoms with Gasteiger partial charge in [-0.15, -0.1) is 5.92 Å². The molecule has 2 bridgehead atoms. The molecule has 5 rings (SSSR count). The molecule has 1 fully saturated rings. The molecule has 3 aliphatic rings. The highest BCUT2D eigenvalue weighted by Crippen LogP contribution is 2.42. The van der Waals surface area contributed by atoms with Crippen molar-refractivity contribution in [2.45, 2.75) is 51.8 Å². The molecule has 5 nitrogen and oxygen atoms in total. The summed E-state index contributed by atoms with van der Waals surface area (Å²) in [5.41, 5.74) is 12.2. The average molecular weight is 431 g/mol. The molecule has 6 heteroatoms. The van der Waals surface area contributed by atoms with Crippen molar-refractivity contribution < 1.29 is 9.13 Å². The van der Waals surface area contributed by atoms with Gasteiger partial charge < -0.3 is 10.5 Å². The molecule has 32 heavy (non-hydrogen) atoms. The maximum atomic E-state index is 14.1. The highest BCUT2D eigenvalue weighted by molar-refractivity contribution is 6.27. The molecule has 1 aromatic heterocycles. The van der Waals surface area contributed by atoms with Crippen LogP contribution in [0.1, 0.15) is 62.4 Å². The van der Waals surface area contributed by atoms with Crippen LogP contribution in [0, 0.1) is 17.7 Å². The Labute approximate surface area is 188 Å². The minimum atomic E-state index is -0.366. The van der Waals surface area contributed by atoms with E-state index in [-0.39, 0.29) is 24.0 Å². The van der Waals surface area contributed by atoms with E-state index >= 15 is 0 Å². The monoisotopic (exact) mass is 430 g/mol. The fourth-order valence-electron chi connectivity index (χ4n) is 4.78. The first-order valence-corrected chi connectivity index (χ1v) is 11.2. The smallest absolute Gasteiger partial charge is 0.166 e. The maximum Gasteiger partial charge on any atom is 0.166 e. The van der Waals surface area contributed by atoms with Gasteiger partial charge >= 0.3 is 0 Å². The number of dihydropyridines is 1. The number of hydrogen-bond acceptors (Lipinski definition) is 5. The normalized spacial score (nSPS) is 26.1. The van der Waals surface area contributed by atoms with Crippen LogP contribution in [0.3, 0.4) is 0 Å². The molecular formula is C26H27FN4O. The highest BCUT2D eigenvalue weighted by atomic mass is 19.1. The third-order valence-corrected chi connectivity index (χ3v) is 6.50. The van der Waals surface area contributed by atoms with Crippen molar-refractivity contribution in [3.63, 3.8) is 0 Å². The summed E-state index contributed by atoms with van der Waals surface area (Å²) in [4.78, 5) is 11.9. The van der Waals surface area contributed by atoms with Gasteiger partial charge in [0.1, 0.15) is 11.9 Å². The van der Waals surface area contributed by atoms with Gasteiger partial charge in [-0.05, 0) is 49.6 Å². The van der Waals surface area contributed by atoms with E-state index in [2.05, 4.69) is 28.6 Å². The topological polar surface area (TPSA) is 63.5 Å². The van der Waals surface area contributed by atoms with Crippen LogP contribution in [-0.4, -0.2) is 34.7 Å². The molecular weight excluding hydrogens is 403 g/mol. The Bertz CT molecular complexity index is 1210. The Balaban J connectivity index is 1.70. The lowest BCUT2D eigenvalue weighted by molar-refractivity contribution is 0.225. The summed E-state index contributed by atoms with van der Waals surface area (Å²) < 4.78 is 20.4. The van der Waals surface area contributed by atoms with E-state index in [1.54, 1.807) is 12.3 Å². The second kappa shape index (κ2) is 8.07. The van der Waals surface area contributed by atoms with E-state index in [0.29, 0.717) is 11.6 Å². The first kappa shape index (κ1) is 20.7. The molecule has 4 atom stereocenters. The van der Waals surface area contributed by atoms with Crippen molar-refractivity contribution in [1.29, 1.82) is 0 Å². The minimum Gasteiger partial charge on any atom is -0.482 e. The quantitative estimate of drug-likeness (QED) is 0.526. The molecule has 4 unspecified atom stereocenters. The van der Waals surface area contributed by atoms with Gasteiger partial charge in [-0.25, -0.2) is 9.37 Å². The fraction of sp³-hybridized carbons (Fsp3) is 0.385. The van der Waals surface area contributed by atoms with Crippen LogP contribution in [0.5, 0.6) is 5.75 Å². The second-order valence-corrected chi connectivity index (χ2v) is 8.66. The standard InChI is InChI=1S/C26H27FN4O/c1-4-6-16-9-19(5-2)30-22-13-31-14-23(31)20-8-7-18(27)11-21(20)15(3)32-24-10-17(25(16)22)12-29-26(24)28/h7-8,10-12,15,19,23H,5,9,13-14H2,1-3H3,(H2,28,29). The summed E-state index contributed by atoms with van der Waals surface area (Å²) in [5, 5.41) is 0. The molecule has 2 aromatic rings. The van der Waals surface area contributed by atoms with Crippen LogP contribution in [0.15, 0.2) is 41.0 Å². The minimum absolute atomic E-state index is 0.217. The Hall–Kier alpha value is -3.17. The van der Waals surface area contributed by atoms with Gasteiger partial charge in [0.05, 0.1) is 11.8 Å². The summed E-state index contributed by atoms with van der Waals surface area (Å²) in [6.07, 6.45) is 3.19. The number of aromatic nitrogens is 1. The van der Waals surface area contributed by atoms with Gasteiger partial charge in [0, 0.05) is 48.5 Å². The molecule has 4 heterocycles. The Kier molecular flexibility index (Phi) is 5.22. The lowest BCUT2D eigenvalue weighted by atomic mass is 9.88. The summed E-state index contributed by atoms with van der Waals surface area (Å²) in [7, 11) is 0. The van der Waals surface area contributed by atoms with Gasteiger partial charge in [-0.1, -0.05) is 18.9 Å². The summed E-state index contributed by atoms with van der Waals surface area (Å²) in [5.74, 6) is 6.95. The first-order chi connectivity index (χ1) is 15.5. The molecule has 0 saturated carbocycles. The van der Waals surface area contributed by atoms with E-state index in [1.165, 1.54) is 6.07 Å². The zero-order valence-electron chi connectivity index (χ0n) is 18.7. The Morgan fingerprint density at radius 2 is 2.12 bits per heavy atom. The number of fused-ring (bicyclic) bond motifs is 7. The van der Waals surface area contributed by atoms with Crippen LogP contribution in [-0.2, 0) is 0 Å². The number of ether oxygens (including phenoxy) is 1. The van der Waals surface area contributed by atoms with Crippen LogP contribution in [0.4, 0.5) is 10.2 Å². The molecule has 1 saturated heterocycles. The number of rotatable bonds is 1. The van der Waals surface area contributed by atoms with Crippen molar-refractivity contribution in [2.75, 3.05) is 18.8 Å². The Morgan fingerprint density at radius 1 is 1.28 bits per heavy atom. The first-order valence-electron chi connectivity index (χ1n) is 11.2. The molecule has 0 aliphatic carbocycles. The zero-order valence-corrected chi connectivity index (χ0v) is 18.7. The molecule has 0 amide bonds. The maximum absolute atomic E-state index is 14.1. The highest BCUT2D eigenvalue weighted by Gasteiger charge is 2.40. The van der Waals surface area contributed by atoms with E-state index in [4.69, 9.17) is 15.5 Å². The van der Waals surface area contributed by atoms with E-state index in [9.17, 15) is 4.39 Å². The lowest BCUT2D eigenvalue weighted by Gasteiger charge is -2.26. The van der Waals surface area contributed by atoms with Crippen LogP contribution in [0.2, 0.25) is 0 Å². The van der Waals surface area contributed by atoms with Crippen LogP contribution < -0.4 is 10.5 Å². The van der Waals surface area contributed by atoms with Gasteiger partial charge in [0.25, 0.3) is 0 Å². The van der Waals surface area contributed by atoms with E-state index in [1.807, 2.05) is 26.0 Å². The number of pyridine rings is 1. The van der Waals surface area contributed by atoms with E-state index < -0.39 is 0 Å². The molecule has 0 radical (unpaired) electrons. The summed E-state index contributed by atoms with van der Waals surface area (Å²) in [6.45, 7) is 7.58. The number of nitrogens with zero attached hydrogens (tertiary/aromatic N) is 3. The lowest BCUT2D eigenvalue weighted by Crippen LogP contribution is -2.25. The van der Waals surface area contributed by atoms with Gasteiger partial charge in [-0.3, -0.25) is 9.89 Å². The zero-order chi connectivity index (χ0) is 22.4. The van der Waals surface area contributed by atoms with Crippen molar-refractivity contribution in [1.82, 2.24) is 9.88 Å². The second-order valence-electron chi connectivity index (χ2n) is 8.66. The number of aliphatic imine (C=N–C) groups is 1. The summed E-state index contributed by atoms with van der Waals surface area (Å²) in [6, 6.07) is 7.33.